The molecule has 0 spiro atoms. The van der Waals surface area contributed by atoms with Gasteiger partial charge in [-0.2, -0.15) is 0 Å². The van der Waals surface area contributed by atoms with Crippen molar-refractivity contribution < 1.29 is 8.42 Å². The van der Waals surface area contributed by atoms with E-state index in [0.29, 0.717) is 10.6 Å². The molecule has 3 nitrogen and oxygen atoms in total. The van der Waals surface area contributed by atoms with Gasteiger partial charge in [-0.15, -0.1) is 6.58 Å². The Kier molecular flexibility index (Phi) is 3.31. The fourth-order valence-electron chi connectivity index (χ4n) is 2.14. The Labute approximate surface area is 122 Å². The quantitative estimate of drug-likeness (QED) is 0.746. The van der Waals surface area contributed by atoms with Crippen LogP contribution in [0.4, 0.5) is 11.4 Å². The summed E-state index contributed by atoms with van der Waals surface area (Å²) in [6.45, 7) is 3.51. The molecule has 1 heterocycles. The Balaban J connectivity index is 2.13. The van der Waals surface area contributed by atoms with Crippen molar-refractivity contribution in [2.45, 2.75) is 14.7 Å². The predicted molar refractivity (Wildman–Crippen MR) is 82.5 cm³/mol. The van der Waals surface area contributed by atoms with Crippen LogP contribution in [0.1, 0.15) is 0 Å². The highest BCUT2D eigenvalue weighted by molar-refractivity contribution is 7.99. The van der Waals surface area contributed by atoms with Gasteiger partial charge in [0.15, 0.2) is 9.84 Å². The Hall–Kier alpha value is -1.72. The van der Waals surface area contributed by atoms with E-state index >= 15 is 0 Å². The second kappa shape index (κ2) is 5.00. The average Bonchev–Trinajstić information content (AvgIpc) is 2.44. The molecule has 5 heteroatoms. The van der Waals surface area contributed by atoms with Gasteiger partial charge in [0, 0.05) is 9.79 Å². The third-order valence-electron chi connectivity index (χ3n) is 3.03. The number of benzene rings is 2. The van der Waals surface area contributed by atoms with Gasteiger partial charge >= 0.3 is 0 Å². The number of para-hydroxylation sites is 2. The maximum Gasteiger partial charge on any atom is 0.183 e. The van der Waals surface area contributed by atoms with Crippen molar-refractivity contribution in [2.24, 2.45) is 0 Å². The van der Waals surface area contributed by atoms with Crippen LogP contribution in [-0.4, -0.2) is 14.2 Å². The summed E-state index contributed by atoms with van der Waals surface area (Å²) in [4.78, 5) is 2.35. The van der Waals surface area contributed by atoms with Crippen LogP contribution < -0.4 is 5.32 Å². The van der Waals surface area contributed by atoms with Gasteiger partial charge in [0.2, 0.25) is 0 Å². The molecule has 102 valence electrons. The predicted octanol–water partition coefficient (Wildman–Crippen LogP) is 3.85. The standard InChI is InChI=1S/C15H13NO2S2/c1-2-10-20(17,18)14-9-5-8-13-15(14)16-11-6-3-4-7-12(11)19-13/h2-9,16H,1,10H2. The van der Waals surface area contributed by atoms with E-state index in [-0.39, 0.29) is 5.75 Å². The molecule has 1 aliphatic heterocycles. The largest absolute Gasteiger partial charge is 0.353 e. The summed E-state index contributed by atoms with van der Waals surface area (Å²) in [7, 11) is -3.35. The van der Waals surface area contributed by atoms with E-state index in [2.05, 4.69) is 11.9 Å². The first-order valence-corrected chi connectivity index (χ1v) is 8.59. The van der Waals surface area contributed by atoms with E-state index in [1.165, 1.54) is 6.08 Å². The highest BCUT2D eigenvalue weighted by Gasteiger charge is 2.24. The SMILES string of the molecule is C=CCS(=O)(=O)c1cccc2c1Nc1ccccc1S2. The third-order valence-corrected chi connectivity index (χ3v) is 5.85. The number of hydrogen-bond acceptors (Lipinski definition) is 4. The fourth-order valence-corrected chi connectivity index (χ4v) is 4.47. The van der Waals surface area contributed by atoms with E-state index in [9.17, 15) is 8.42 Å². The molecule has 2 aromatic rings. The Morgan fingerprint density at radius 2 is 1.85 bits per heavy atom. The molecule has 0 amide bonds. The van der Waals surface area contributed by atoms with Crippen molar-refractivity contribution in [1.82, 2.24) is 0 Å². The molecule has 3 rings (SSSR count). The number of fused-ring (bicyclic) bond motifs is 2. The van der Waals surface area contributed by atoms with Crippen molar-refractivity contribution in [1.29, 1.82) is 0 Å². The van der Waals surface area contributed by atoms with E-state index in [0.717, 1.165) is 15.5 Å². The minimum absolute atomic E-state index is 0.0581. The van der Waals surface area contributed by atoms with Crippen LogP contribution in [0.3, 0.4) is 0 Å². The van der Waals surface area contributed by atoms with Crippen LogP contribution in [0.25, 0.3) is 0 Å². The van der Waals surface area contributed by atoms with Crippen molar-refractivity contribution in [3.63, 3.8) is 0 Å². The second-order valence-corrected chi connectivity index (χ2v) is 7.51. The zero-order chi connectivity index (χ0) is 14.2. The minimum Gasteiger partial charge on any atom is -0.353 e. The van der Waals surface area contributed by atoms with E-state index in [4.69, 9.17) is 0 Å². The van der Waals surface area contributed by atoms with Crippen molar-refractivity contribution in [2.75, 3.05) is 11.1 Å². The molecule has 0 saturated heterocycles. The number of hydrogen-bond donors (Lipinski definition) is 1. The van der Waals surface area contributed by atoms with Crippen molar-refractivity contribution in [3.05, 3.63) is 55.1 Å². The minimum atomic E-state index is -3.35. The van der Waals surface area contributed by atoms with Crippen LogP contribution >= 0.6 is 11.8 Å². The Bertz CT molecular complexity index is 782. The molecule has 20 heavy (non-hydrogen) atoms. The van der Waals surface area contributed by atoms with Crippen molar-refractivity contribution >= 4 is 33.0 Å². The molecule has 0 aromatic heterocycles. The van der Waals surface area contributed by atoms with Gasteiger partial charge in [-0.1, -0.05) is 36.0 Å². The van der Waals surface area contributed by atoms with E-state index in [1.54, 1.807) is 23.9 Å². The lowest BCUT2D eigenvalue weighted by Crippen LogP contribution is -2.10. The van der Waals surface area contributed by atoms with E-state index in [1.807, 2.05) is 30.3 Å². The molecular formula is C15H13NO2S2. The summed E-state index contributed by atoms with van der Waals surface area (Å²) in [6.07, 6.45) is 1.42. The van der Waals surface area contributed by atoms with Crippen molar-refractivity contribution in [3.8, 4) is 0 Å². The first kappa shape index (κ1) is 13.3. The number of sulfone groups is 1. The molecule has 0 aliphatic carbocycles. The Morgan fingerprint density at radius 3 is 2.65 bits per heavy atom. The van der Waals surface area contributed by atoms with Gasteiger partial charge in [0.05, 0.1) is 22.0 Å². The summed E-state index contributed by atoms with van der Waals surface area (Å²) in [5, 5.41) is 3.24. The van der Waals surface area contributed by atoms with Gasteiger partial charge in [0.25, 0.3) is 0 Å². The summed E-state index contributed by atoms with van der Waals surface area (Å²) in [6, 6.07) is 13.2. The maximum absolute atomic E-state index is 12.3. The van der Waals surface area contributed by atoms with Crippen LogP contribution in [0, 0.1) is 0 Å². The van der Waals surface area contributed by atoms with Gasteiger partial charge < -0.3 is 5.32 Å². The van der Waals surface area contributed by atoms with Crippen LogP contribution in [-0.2, 0) is 9.84 Å². The number of rotatable bonds is 3. The molecule has 0 unspecified atom stereocenters. The third kappa shape index (κ3) is 2.23. The maximum atomic E-state index is 12.3. The zero-order valence-corrected chi connectivity index (χ0v) is 12.3. The lowest BCUT2D eigenvalue weighted by atomic mass is 10.2. The normalized spacial score (nSPS) is 13.0. The van der Waals surface area contributed by atoms with Gasteiger partial charge in [-0.3, -0.25) is 0 Å². The topological polar surface area (TPSA) is 46.2 Å². The van der Waals surface area contributed by atoms with Gasteiger partial charge in [-0.05, 0) is 24.3 Å². The summed E-state index contributed by atoms with van der Waals surface area (Å²) in [5.41, 5.74) is 1.60. The average molecular weight is 303 g/mol. The number of nitrogens with one attached hydrogen (secondary N) is 1. The molecule has 1 N–H and O–H groups in total. The zero-order valence-electron chi connectivity index (χ0n) is 10.7. The van der Waals surface area contributed by atoms with Crippen LogP contribution in [0.15, 0.2) is 69.8 Å². The second-order valence-electron chi connectivity index (χ2n) is 4.42. The Morgan fingerprint density at radius 1 is 1.10 bits per heavy atom. The molecule has 0 bridgehead atoms. The summed E-state index contributed by atoms with van der Waals surface area (Å²) >= 11 is 1.58. The first-order valence-electron chi connectivity index (χ1n) is 6.12. The molecule has 0 atom stereocenters. The molecule has 2 aromatic carbocycles. The highest BCUT2D eigenvalue weighted by Crippen LogP contribution is 2.46. The number of anilines is 2. The smallest absolute Gasteiger partial charge is 0.183 e. The fraction of sp³-hybridized carbons (Fsp3) is 0.0667. The molecule has 1 aliphatic rings. The monoisotopic (exact) mass is 303 g/mol. The molecule has 0 radical (unpaired) electrons. The summed E-state index contributed by atoms with van der Waals surface area (Å²) in [5.74, 6) is -0.0581. The molecular weight excluding hydrogens is 290 g/mol. The summed E-state index contributed by atoms with van der Waals surface area (Å²) < 4.78 is 24.6. The highest BCUT2D eigenvalue weighted by atomic mass is 32.2. The first-order chi connectivity index (χ1) is 9.62. The van der Waals surface area contributed by atoms with Gasteiger partial charge in [-0.25, -0.2) is 8.42 Å². The van der Waals surface area contributed by atoms with Crippen LogP contribution in [0.2, 0.25) is 0 Å². The lowest BCUT2D eigenvalue weighted by Gasteiger charge is -2.22. The van der Waals surface area contributed by atoms with E-state index < -0.39 is 9.84 Å². The van der Waals surface area contributed by atoms with Gasteiger partial charge in [0.1, 0.15) is 0 Å². The molecule has 0 saturated carbocycles. The lowest BCUT2D eigenvalue weighted by molar-refractivity contribution is 0.599. The molecule has 0 fully saturated rings. The van der Waals surface area contributed by atoms with Crippen LogP contribution in [0.5, 0.6) is 0 Å².